The lowest BCUT2D eigenvalue weighted by Gasteiger charge is -2.22. The van der Waals surface area contributed by atoms with E-state index in [4.69, 9.17) is 4.42 Å². The Morgan fingerprint density at radius 3 is 3.29 bits per heavy atom. The number of fused-ring (bicyclic) bond motifs is 1. The molecule has 94 valence electrons. The fraction of sp³-hybridized carbons (Fsp3) is 0.615. The van der Waals surface area contributed by atoms with E-state index >= 15 is 0 Å². The van der Waals surface area contributed by atoms with E-state index in [1.165, 1.54) is 0 Å². The molecule has 0 radical (unpaired) electrons. The van der Waals surface area contributed by atoms with Crippen LogP contribution in [0.5, 0.6) is 0 Å². The first kappa shape index (κ1) is 12.2. The Morgan fingerprint density at radius 2 is 2.47 bits per heavy atom. The van der Waals surface area contributed by atoms with E-state index in [2.05, 4.69) is 10.6 Å². The van der Waals surface area contributed by atoms with Crippen molar-refractivity contribution in [2.24, 2.45) is 0 Å². The minimum Gasteiger partial charge on any atom is -0.469 e. The van der Waals surface area contributed by atoms with Crippen LogP contribution in [-0.4, -0.2) is 19.0 Å². The van der Waals surface area contributed by atoms with E-state index in [-0.39, 0.29) is 11.9 Å². The molecule has 4 heteroatoms. The molecule has 1 unspecified atom stereocenters. The Labute approximate surface area is 102 Å². The molecule has 0 spiro atoms. The van der Waals surface area contributed by atoms with Gasteiger partial charge in [-0.05, 0) is 25.5 Å². The van der Waals surface area contributed by atoms with Crippen LogP contribution in [0.2, 0.25) is 0 Å². The van der Waals surface area contributed by atoms with Gasteiger partial charge in [0.15, 0.2) is 0 Å². The number of furan rings is 1. The summed E-state index contributed by atoms with van der Waals surface area (Å²) in [6, 6.07) is 2.12. The van der Waals surface area contributed by atoms with Crippen LogP contribution in [0.4, 0.5) is 0 Å². The molecule has 1 aromatic heterocycles. The van der Waals surface area contributed by atoms with Gasteiger partial charge in [0.05, 0.1) is 12.3 Å². The summed E-state index contributed by atoms with van der Waals surface area (Å²) in [6.07, 6.45) is 5.34. The Bertz CT molecular complexity index is 373. The van der Waals surface area contributed by atoms with Crippen molar-refractivity contribution in [2.45, 2.75) is 38.6 Å². The second-order valence-corrected chi connectivity index (χ2v) is 4.42. The summed E-state index contributed by atoms with van der Waals surface area (Å²) in [7, 11) is 0. The van der Waals surface area contributed by atoms with Crippen molar-refractivity contribution in [3.05, 3.63) is 23.7 Å². The highest BCUT2D eigenvalue weighted by atomic mass is 16.3. The molecular weight excluding hydrogens is 216 g/mol. The van der Waals surface area contributed by atoms with Crippen molar-refractivity contribution in [1.82, 2.24) is 10.6 Å². The topological polar surface area (TPSA) is 54.3 Å². The molecule has 2 rings (SSSR count). The molecular formula is C13H20N2O2. The smallest absolute Gasteiger partial charge is 0.221 e. The fourth-order valence-electron chi connectivity index (χ4n) is 2.28. The van der Waals surface area contributed by atoms with Gasteiger partial charge in [0, 0.05) is 24.9 Å². The van der Waals surface area contributed by atoms with Gasteiger partial charge in [-0.2, -0.15) is 0 Å². The first-order valence-electron chi connectivity index (χ1n) is 6.37. The summed E-state index contributed by atoms with van der Waals surface area (Å²) in [6.45, 7) is 3.69. The van der Waals surface area contributed by atoms with Gasteiger partial charge in [0.1, 0.15) is 5.76 Å². The molecule has 1 aliphatic rings. The van der Waals surface area contributed by atoms with Crippen LogP contribution >= 0.6 is 0 Å². The summed E-state index contributed by atoms with van der Waals surface area (Å²) in [5.41, 5.74) is 1.16. The monoisotopic (exact) mass is 236 g/mol. The highest BCUT2D eigenvalue weighted by Gasteiger charge is 2.23. The lowest BCUT2D eigenvalue weighted by molar-refractivity contribution is -0.121. The zero-order valence-electron chi connectivity index (χ0n) is 10.3. The molecule has 0 saturated heterocycles. The number of hydrogen-bond acceptors (Lipinski definition) is 3. The fourth-order valence-corrected chi connectivity index (χ4v) is 2.28. The predicted octanol–water partition coefficient (Wildman–Crippen LogP) is 1.77. The third-order valence-corrected chi connectivity index (χ3v) is 3.17. The molecule has 0 aliphatic heterocycles. The summed E-state index contributed by atoms with van der Waals surface area (Å²) in [5, 5.41) is 6.23. The van der Waals surface area contributed by atoms with E-state index in [0.29, 0.717) is 6.42 Å². The van der Waals surface area contributed by atoms with Gasteiger partial charge in [0.25, 0.3) is 0 Å². The number of nitrogens with one attached hydrogen (secondary N) is 2. The van der Waals surface area contributed by atoms with Gasteiger partial charge in [-0.3, -0.25) is 4.79 Å². The van der Waals surface area contributed by atoms with Crippen LogP contribution in [-0.2, 0) is 11.2 Å². The van der Waals surface area contributed by atoms with Crippen LogP contribution in [0.15, 0.2) is 16.7 Å². The van der Waals surface area contributed by atoms with Crippen molar-refractivity contribution >= 4 is 5.91 Å². The molecule has 2 N–H and O–H groups in total. The van der Waals surface area contributed by atoms with Crippen molar-refractivity contribution in [1.29, 1.82) is 0 Å². The van der Waals surface area contributed by atoms with Crippen molar-refractivity contribution < 1.29 is 9.21 Å². The number of carbonyl (C=O) groups excluding carboxylic acids is 1. The molecule has 0 aromatic carbocycles. The van der Waals surface area contributed by atoms with Crippen LogP contribution in [0.1, 0.15) is 43.6 Å². The second-order valence-electron chi connectivity index (χ2n) is 4.42. The molecule has 1 atom stereocenters. The van der Waals surface area contributed by atoms with Gasteiger partial charge < -0.3 is 15.1 Å². The van der Waals surface area contributed by atoms with Gasteiger partial charge in [-0.15, -0.1) is 0 Å². The third kappa shape index (κ3) is 3.09. The Kier molecular flexibility index (Phi) is 4.20. The molecule has 1 amide bonds. The van der Waals surface area contributed by atoms with E-state index in [1.807, 2.05) is 13.0 Å². The average molecular weight is 236 g/mol. The van der Waals surface area contributed by atoms with Crippen LogP contribution in [0, 0.1) is 0 Å². The summed E-state index contributed by atoms with van der Waals surface area (Å²) < 4.78 is 5.40. The van der Waals surface area contributed by atoms with E-state index in [1.54, 1.807) is 6.26 Å². The van der Waals surface area contributed by atoms with Gasteiger partial charge >= 0.3 is 0 Å². The van der Waals surface area contributed by atoms with Gasteiger partial charge in [0.2, 0.25) is 5.91 Å². The SMILES string of the molecule is CCNCCC(=O)NC1CCCc2occc21. The molecule has 0 bridgehead atoms. The molecule has 4 nitrogen and oxygen atoms in total. The first-order valence-corrected chi connectivity index (χ1v) is 6.37. The maximum absolute atomic E-state index is 11.7. The molecule has 1 heterocycles. The van der Waals surface area contributed by atoms with Gasteiger partial charge in [-0.25, -0.2) is 0 Å². The Balaban J connectivity index is 1.86. The van der Waals surface area contributed by atoms with Crippen LogP contribution in [0.25, 0.3) is 0 Å². The number of aryl methyl sites for hydroxylation is 1. The van der Waals surface area contributed by atoms with E-state index < -0.39 is 0 Å². The number of amides is 1. The van der Waals surface area contributed by atoms with Crippen molar-refractivity contribution in [3.63, 3.8) is 0 Å². The molecule has 1 aliphatic carbocycles. The minimum absolute atomic E-state index is 0.116. The molecule has 1 aromatic rings. The predicted molar refractivity (Wildman–Crippen MR) is 65.7 cm³/mol. The van der Waals surface area contributed by atoms with Crippen molar-refractivity contribution in [3.8, 4) is 0 Å². The average Bonchev–Trinajstić information content (AvgIpc) is 2.78. The summed E-state index contributed by atoms with van der Waals surface area (Å²) in [4.78, 5) is 11.7. The first-order chi connectivity index (χ1) is 8.31. The lowest BCUT2D eigenvalue weighted by atomic mass is 9.93. The molecule has 0 fully saturated rings. The van der Waals surface area contributed by atoms with E-state index in [9.17, 15) is 4.79 Å². The highest BCUT2D eigenvalue weighted by molar-refractivity contribution is 5.76. The van der Waals surface area contributed by atoms with Crippen LogP contribution < -0.4 is 10.6 Å². The van der Waals surface area contributed by atoms with Crippen molar-refractivity contribution in [2.75, 3.05) is 13.1 Å². The zero-order chi connectivity index (χ0) is 12.1. The Morgan fingerprint density at radius 1 is 1.59 bits per heavy atom. The number of rotatable bonds is 5. The quantitative estimate of drug-likeness (QED) is 0.766. The van der Waals surface area contributed by atoms with E-state index in [0.717, 1.165) is 43.7 Å². The summed E-state index contributed by atoms with van der Waals surface area (Å²) in [5.74, 6) is 1.15. The lowest BCUT2D eigenvalue weighted by Crippen LogP contribution is -2.32. The minimum atomic E-state index is 0.116. The number of carbonyl (C=O) groups is 1. The summed E-state index contributed by atoms with van der Waals surface area (Å²) >= 11 is 0. The maximum atomic E-state index is 11.7. The normalized spacial score (nSPS) is 18.8. The largest absolute Gasteiger partial charge is 0.469 e. The molecule has 0 saturated carbocycles. The van der Waals surface area contributed by atoms with Gasteiger partial charge in [-0.1, -0.05) is 6.92 Å². The molecule has 17 heavy (non-hydrogen) atoms. The standard InChI is InChI=1S/C13H20N2O2/c1-2-14-8-6-13(16)15-11-4-3-5-12-10(11)7-9-17-12/h7,9,11,14H,2-6,8H2,1H3,(H,15,16). The maximum Gasteiger partial charge on any atom is 0.221 e. The Hall–Kier alpha value is -1.29. The second kappa shape index (κ2) is 5.87. The third-order valence-electron chi connectivity index (χ3n) is 3.17. The highest BCUT2D eigenvalue weighted by Crippen LogP contribution is 2.30. The zero-order valence-corrected chi connectivity index (χ0v) is 10.3. The van der Waals surface area contributed by atoms with Crippen LogP contribution in [0.3, 0.4) is 0 Å². The number of hydrogen-bond donors (Lipinski definition) is 2.